The molecule has 390 valence electrons. The maximum atomic E-state index is 15.3. The Morgan fingerprint density at radius 1 is 0.861 bits per heavy atom. The Hall–Kier alpha value is -5.57. The van der Waals surface area contributed by atoms with E-state index < -0.39 is 139 Å². The van der Waals surface area contributed by atoms with Gasteiger partial charge in [0.1, 0.15) is 36.1 Å². The molecule has 72 heavy (non-hydrogen) atoms. The first-order chi connectivity index (χ1) is 34.1. The Kier molecular flexibility index (Phi) is 16.5. The van der Waals surface area contributed by atoms with Gasteiger partial charge in [-0.05, 0) is 61.7 Å². The van der Waals surface area contributed by atoms with Crippen molar-refractivity contribution in [2.45, 2.75) is 141 Å². The summed E-state index contributed by atoms with van der Waals surface area (Å²) in [6, 6.07) is 23.8. The van der Waals surface area contributed by atoms with Crippen molar-refractivity contribution in [3.8, 4) is 0 Å². The minimum absolute atomic E-state index is 0.0767. The molecule has 3 aliphatic carbocycles. The number of benzene rings is 3. The third kappa shape index (κ3) is 10.2. The molecular formula is C54H67NO17. The lowest BCUT2D eigenvalue weighted by atomic mass is 9.44. The minimum atomic E-state index is -2.39. The minimum Gasteiger partial charge on any atom is -0.456 e. The van der Waals surface area contributed by atoms with E-state index in [9.17, 15) is 39.6 Å². The molecule has 0 spiro atoms. The molecule has 2 saturated carbocycles. The van der Waals surface area contributed by atoms with Crippen LogP contribution in [0.25, 0.3) is 0 Å². The first-order valence-corrected chi connectivity index (χ1v) is 24.3. The van der Waals surface area contributed by atoms with Gasteiger partial charge in [-0.2, -0.15) is 0 Å². The zero-order chi connectivity index (χ0) is 52.3. The van der Waals surface area contributed by atoms with Gasteiger partial charge in [0.25, 0.3) is 5.91 Å². The van der Waals surface area contributed by atoms with Crippen LogP contribution in [-0.2, 0) is 52.3 Å². The van der Waals surface area contributed by atoms with Crippen molar-refractivity contribution in [2.75, 3.05) is 26.4 Å². The van der Waals surface area contributed by atoms with Gasteiger partial charge >= 0.3 is 23.9 Å². The average molecular weight is 1000 g/mol. The first-order valence-electron chi connectivity index (χ1n) is 24.3. The largest absolute Gasteiger partial charge is 0.456 e. The van der Waals surface area contributed by atoms with Crippen molar-refractivity contribution in [1.82, 2.24) is 5.32 Å². The smallest absolute Gasteiger partial charge is 0.338 e. The summed E-state index contributed by atoms with van der Waals surface area (Å²) in [5.74, 6) is -5.54. The fourth-order valence-corrected chi connectivity index (χ4v) is 11.5. The van der Waals surface area contributed by atoms with Crippen LogP contribution < -0.4 is 5.32 Å². The molecule has 5 N–H and O–H groups in total. The van der Waals surface area contributed by atoms with Crippen LogP contribution in [0, 0.1) is 16.7 Å². The van der Waals surface area contributed by atoms with Crippen LogP contribution >= 0.6 is 0 Å². The average Bonchev–Trinajstić information content (AvgIpc) is 3.34. The van der Waals surface area contributed by atoms with Gasteiger partial charge in [-0.15, -0.1) is 0 Å². The summed E-state index contributed by atoms with van der Waals surface area (Å²) in [4.78, 5) is 70.6. The molecule has 0 radical (unpaired) electrons. The fourth-order valence-electron chi connectivity index (χ4n) is 11.5. The van der Waals surface area contributed by atoms with Crippen LogP contribution in [-0.4, -0.2) is 143 Å². The van der Waals surface area contributed by atoms with Gasteiger partial charge in [-0.1, -0.05) is 87.5 Å². The third-order valence-corrected chi connectivity index (χ3v) is 15.1. The molecule has 0 aromatic heterocycles. The normalized spacial score (nSPS) is 31.0. The number of hydrogen-bond acceptors (Lipinski definition) is 17. The SMILES string of the molecule is CCOC(C)O[C@@H](C(=O)O[C@H]1C[C@@]2(O)[C@@H](OC(=O)c3ccccc3)[C@@H]3[C@]4(OC(C)=O)CO[C@@H]4C[C@H](OCC(O)CO)[C@@]3(C)[C@@H](O)[C@H](OC(C)=O)C(=C1C)C2(C)C)[C@@H](NC(=O)c1ccccc1)c1ccccc1. The standard InChI is InChI=1S/C54H67NO17/c1-9-65-33(5)69-44(42(34-19-13-10-14-20-34)55-48(61)35-21-15-11-16-22-35)50(63)70-38-26-54(64)47(71-49(62)36-23-17-12-18-24-36)45-52(8,46(60)43(68-31(3)57)41(30(38)2)51(54,6)7)39(66-28-37(59)27-56)25-40-53(45,29-67-40)72-32(4)58/h10-24,33,37-40,42-47,56,59-60,64H,9,25-29H2,1-8H3,(H,55,61)/t33?,37?,38-,39-,40+,42-,43+,44+,45-,46-,47-,52+,53-,54+/m0/s1. The molecule has 7 rings (SSSR count). The maximum absolute atomic E-state index is 15.3. The van der Waals surface area contributed by atoms with Crippen molar-refractivity contribution < 1.29 is 82.3 Å². The number of amides is 1. The Morgan fingerprint density at radius 2 is 1.47 bits per heavy atom. The topological polar surface area (TPSA) is 252 Å². The number of aliphatic hydroxyl groups excluding tert-OH is 3. The summed E-state index contributed by atoms with van der Waals surface area (Å²) in [6.45, 7) is 10.9. The van der Waals surface area contributed by atoms with Crippen LogP contribution in [0.2, 0.25) is 0 Å². The number of rotatable bonds is 18. The van der Waals surface area contributed by atoms with E-state index in [4.69, 9.17) is 37.9 Å². The summed E-state index contributed by atoms with van der Waals surface area (Å²) in [7, 11) is 0. The predicted molar refractivity (Wildman–Crippen MR) is 255 cm³/mol. The number of nitrogens with one attached hydrogen (secondary N) is 1. The molecule has 18 heteroatoms. The van der Waals surface area contributed by atoms with Crippen LogP contribution in [0.4, 0.5) is 0 Å². The van der Waals surface area contributed by atoms with Gasteiger partial charge in [0, 0.05) is 49.7 Å². The molecule has 1 heterocycles. The monoisotopic (exact) mass is 1000 g/mol. The van der Waals surface area contributed by atoms with Crippen molar-refractivity contribution in [3.63, 3.8) is 0 Å². The number of fused-ring (bicyclic) bond motifs is 5. The van der Waals surface area contributed by atoms with Gasteiger partial charge < -0.3 is 63.6 Å². The summed E-state index contributed by atoms with van der Waals surface area (Å²) in [6.07, 6.45) is -13.6. The molecule has 1 amide bonds. The number of esters is 4. The molecule has 3 aromatic rings. The Bertz CT molecular complexity index is 2450. The summed E-state index contributed by atoms with van der Waals surface area (Å²) in [5, 5.41) is 50.9. The van der Waals surface area contributed by atoms with E-state index in [0.29, 0.717) is 11.1 Å². The Balaban J connectivity index is 1.45. The predicted octanol–water partition coefficient (Wildman–Crippen LogP) is 4.31. The van der Waals surface area contributed by atoms with Gasteiger partial charge in [-0.3, -0.25) is 14.4 Å². The highest BCUT2D eigenvalue weighted by atomic mass is 16.7. The van der Waals surface area contributed by atoms with Crippen molar-refractivity contribution in [3.05, 3.63) is 119 Å². The lowest BCUT2D eigenvalue weighted by Gasteiger charge is -2.69. The first kappa shape index (κ1) is 54.2. The Morgan fingerprint density at radius 3 is 2.03 bits per heavy atom. The van der Waals surface area contributed by atoms with Crippen molar-refractivity contribution in [2.24, 2.45) is 16.7 Å². The van der Waals surface area contributed by atoms with E-state index in [1.54, 1.807) is 120 Å². The number of carbonyl (C=O) groups excluding carboxylic acids is 5. The van der Waals surface area contributed by atoms with Gasteiger partial charge in [0.15, 0.2) is 24.1 Å². The molecule has 2 bridgehead atoms. The zero-order valence-corrected chi connectivity index (χ0v) is 41.8. The van der Waals surface area contributed by atoms with Crippen LogP contribution in [0.3, 0.4) is 0 Å². The highest BCUT2D eigenvalue weighted by molar-refractivity contribution is 5.95. The van der Waals surface area contributed by atoms with Crippen LogP contribution in [0.15, 0.2) is 102 Å². The third-order valence-electron chi connectivity index (χ3n) is 15.1. The second-order valence-electron chi connectivity index (χ2n) is 19.8. The molecule has 14 atom stereocenters. The molecule has 18 nitrogen and oxygen atoms in total. The van der Waals surface area contributed by atoms with E-state index in [1.807, 2.05) is 0 Å². The summed E-state index contributed by atoms with van der Waals surface area (Å²) < 4.78 is 50.2. The summed E-state index contributed by atoms with van der Waals surface area (Å²) in [5.41, 5.74) is -6.42. The lowest BCUT2D eigenvalue weighted by Crippen LogP contribution is -2.82. The fraction of sp³-hybridized carbons (Fsp3) is 0.537. The van der Waals surface area contributed by atoms with Gasteiger partial charge in [0.2, 0.25) is 0 Å². The van der Waals surface area contributed by atoms with Crippen LogP contribution in [0.5, 0.6) is 0 Å². The Labute approximate surface area is 418 Å². The number of carbonyl (C=O) groups is 5. The van der Waals surface area contributed by atoms with Crippen molar-refractivity contribution >= 4 is 29.8 Å². The van der Waals surface area contributed by atoms with E-state index in [0.717, 1.165) is 6.92 Å². The highest BCUT2D eigenvalue weighted by Gasteiger charge is 2.78. The maximum Gasteiger partial charge on any atom is 0.338 e. The molecule has 3 aromatic carbocycles. The number of aliphatic hydroxyl groups is 4. The van der Waals surface area contributed by atoms with Gasteiger partial charge in [-0.25, -0.2) is 9.59 Å². The second-order valence-corrected chi connectivity index (χ2v) is 19.8. The van der Waals surface area contributed by atoms with E-state index in [2.05, 4.69) is 5.32 Å². The molecular weight excluding hydrogens is 935 g/mol. The number of ether oxygens (including phenoxy) is 8. The quantitative estimate of drug-likeness (QED) is 0.0515. The lowest BCUT2D eigenvalue weighted by molar-refractivity contribution is -0.369. The number of hydrogen-bond donors (Lipinski definition) is 5. The van der Waals surface area contributed by atoms with Gasteiger partial charge in [0.05, 0.1) is 43.4 Å². The zero-order valence-electron chi connectivity index (χ0n) is 41.8. The molecule has 4 aliphatic rings. The summed E-state index contributed by atoms with van der Waals surface area (Å²) >= 11 is 0. The highest BCUT2D eigenvalue weighted by Crippen LogP contribution is 2.66. The second kappa shape index (κ2) is 21.9. The van der Waals surface area contributed by atoms with E-state index in [-0.39, 0.29) is 36.3 Å². The molecule has 2 unspecified atom stereocenters. The van der Waals surface area contributed by atoms with E-state index >= 15 is 4.79 Å². The van der Waals surface area contributed by atoms with Crippen molar-refractivity contribution in [1.29, 1.82) is 0 Å². The molecule has 1 saturated heterocycles. The molecule has 1 aliphatic heterocycles. The molecule has 3 fully saturated rings. The van der Waals surface area contributed by atoms with Crippen LogP contribution in [0.1, 0.15) is 101 Å². The van der Waals surface area contributed by atoms with E-state index in [1.165, 1.54) is 19.1 Å².